The molecule has 0 amide bonds. The highest BCUT2D eigenvalue weighted by atomic mass is 16.3. The SMILES string of the molecule is CCCCCCCCCCCCCC[C@H](C)O. The van der Waals surface area contributed by atoms with Crippen molar-refractivity contribution in [3.05, 3.63) is 0 Å². The lowest BCUT2D eigenvalue weighted by Gasteiger charge is -2.04. The van der Waals surface area contributed by atoms with Crippen LogP contribution in [0.2, 0.25) is 0 Å². The van der Waals surface area contributed by atoms with Gasteiger partial charge in [0.05, 0.1) is 6.10 Å². The average Bonchev–Trinajstić information content (AvgIpc) is 2.30. The molecule has 0 aromatic rings. The Morgan fingerprint density at radius 3 is 1.35 bits per heavy atom. The van der Waals surface area contributed by atoms with E-state index < -0.39 is 0 Å². The lowest BCUT2D eigenvalue weighted by Crippen LogP contribution is -1.98. The normalized spacial score (nSPS) is 12.9. The number of unbranched alkanes of at least 4 members (excludes halogenated alkanes) is 11. The minimum absolute atomic E-state index is 0.0990. The summed E-state index contributed by atoms with van der Waals surface area (Å²) in [6, 6.07) is 0. The van der Waals surface area contributed by atoms with E-state index >= 15 is 0 Å². The number of aliphatic hydroxyl groups excluding tert-OH is 1. The first-order valence-electron chi connectivity index (χ1n) is 7.95. The van der Waals surface area contributed by atoms with Crippen molar-refractivity contribution in [3.63, 3.8) is 0 Å². The summed E-state index contributed by atoms with van der Waals surface area (Å²) in [6.07, 6.45) is 17.6. The number of hydrogen-bond acceptors (Lipinski definition) is 1. The Morgan fingerprint density at radius 1 is 0.647 bits per heavy atom. The van der Waals surface area contributed by atoms with Crippen molar-refractivity contribution in [2.24, 2.45) is 0 Å². The molecule has 1 atom stereocenters. The molecule has 0 saturated carbocycles. The van der Waals surface area contributed by atoms with Gasteiger partial charge < -0.3 is 5.11 Å². The van der Waals surface area contributed by atoms with Crippen molar-refractivity contribution in [3.8, 4) is 0 Å². The van der Waals surface area contributed by atoms with Gasteiger partial charge in [-0.3, -0.25) is 0 Å². The van der Waals surface area contributed by atoms with E-state index in [1.807, 2.05) is 6.92 Å². The molecule has 0 saturated heterocycles. The molecular formula is C16H34O. The lowest BCUT2D eigenvalue weighted by molar-refractivity contribution is 0.180. The first kappa shape index (κ1) is 17.0. The van der Waals surface area contributed by atoms with Gasteiger partial charge in [-0.1, -0.05) is 84.0 Å². The van der Waals surface area contributed by atoms with Crippen LogP contribution in [-0.2, 0) is 0 Å². The lowest BCUT2D eigenvalue weighted by atomic mass is 10.0. The topological polar surface area (TPSA) is 20.2 Å². The van der Waals surface area contributed by atoms with E-state index in [0.29, 0.717) is 0 Å². The summed E-state index contributed by atoms with van der Waals surface area (Å²) >= 11 is 0. The van der Waals surface area contributed by atoms with E-state index in [4.69, 9.17) is 5.11 Å². The summed E-state index contributed by atoms with van der Waals surface area (Å²) in [7, 11) is 0. The van der Waals surface area contributed by atoms with Crippen LogP contribution in [0.1, 0.15) is 97.3 Å². The molecule has 1 N–H and O–H groups in total. The van der Waals surface area contributed by atoms with Crippen LogP contribution in [0.25, 0.3) is 0 Å². The highest BCUT2D eigenvalue weighted by Crippen LogP contribution is 2.12. The van der Waals surface area contributed by atoms with Crippen LogP contribution in [0, 0.1) is 0 Å². The first-order valence-corrected chi connectivity index (χ1v) is 7.95. The Bertz CT molecular complexity index is 131. The highest BCUT2D eigenvalue weighted by molar-refractivity contribution is 4.50. The van der Waals surface area contributed by atoms with E-state index in [-0.39, 0.29) is 6.10 Å². The molecule has 1 nitrogen and oxygen atoms in total. The molecule has 0 spiro atoms. The molecule has 1 heteroatoms. The molecule has 0 radical (unpaired) electrons. The van der Waals surface area contributed by atoms with Gasteiger partial charge in [-0.05, 0) is 13.3 Å². The fourth-order valence-electron chi connectivity index (χ4n) is 2.28. The largest absolute Gasteiger partial charge is 0.393 e. The van der Waals surface area contributed by atoms with E-state index in [1.165, 1.54) is 77.0 Å². The molecule has 0 aromatic carbocycles. The quantitative estimate of drug-likeness (QED) is 0.425. The van der Waals surface area contributed by atoms with Gasteiger partial charge in [-0.15, -0.1) is 0 Å². The minimum Gasteiger partial charge on any atom is -0.393 e. The minimum atomic E-state index is -0.0990. The molecule has 0 aromatic heterocycles. The van der Waals surface area contributed by atoms with E-state index in [2.05, 4.69) is 6.92 Å². The molecule has 0 rings (SSSR count). The van der Waals surface area contributed by atoms with Gasteiger partial charge in [0.15, 0.2) is 0 Å². The maximum absolute atomic E-state index is 9.11. The third kappa shape index (κ3) is 16.0. The van der Waals surface area contributed by atoms with E-state index in [1.54, 1.807) is 0 Å². The van der Waals surface area contributed by atoms with Gasteiger partial charge in [0, 0.05) is 0 Å². The van der Waals surface area contributed by atoms with Crippen LogP contribution < -0.4 is 0 Å². The van der Waals surface area contributed by atoms with Gasteiger partial charge in [0.2, 0.25) is 0 Å². The third-order valence-electron chi connectivity index (χ3n) is 3.48. The van der Waals surface area contributed by atoms with Crippen LogP contribution in [0.5, 0.6) is 0 Å². The molecule has 0 aliphatic carbocycles. The number of aliphatic hydroxyl groups is 1. The second-order valence-corrected chi connectivity index (χ2v) is 5.53. The molecule has 104 valence electrons. The predicted molar refractivity (Wildman–Crippen MR) is 77.4 cm³/mol. The van der Waals surface area contributed by atoms with E-state index in [0.717, 1.165) is 6.42 Å². The number of hydrogen-bond donors (Lipinski definition) is 1. The molecule has 0 aliphatic rings. The fourth-order valence-corrected chi connectivity index (χ4v) is 2.28. The van der Waals surface area contributed by atoms with Gasteiger partial charge >= 0.3 is 0 Å². The zero-order valence-electron chi connectivity index (χ0n) is 12.2. The van der Waals surface area contributed by atoms with Crippen LogP contribution in [0.3, 0.4) is 0 Å². The summed E-state index contributed by atoms with van der Waals surface area (Å²) in [6.45, 7) is 4.16. The van der Waals surface area contributed by atoms with Crippen molar-refractivity contribution in [2.75, 3.05) is 0 Å². The second-order valence-electron chi connectivity index (χ2n) is 5.53. The molecule has 17 heavy (non-hydrogen) atoms. The van der Waals surface area contributed by atoms with Crippen molar-refractivity contribution < 1.29 is 5.11 Å². The first-order chi connectivity index (χ1) is 8.27. The van der Waals surface area contributed by atoms with Crippen LogP contribution >= 0.6 is 0 Å². The molecule has 0 bridgehead atoms. The summed E-state index contributed by atoms with van der Waals surface area (Å²) in [5.74, 6) is 0. The van der Waals surface area contributed by atoms with Crippen LogP contribution in [-0.4, -0.2) is 11.2 Å². The van der Waals surface area contributed by atoms with Gasteiger partial charge in [-0.2, -0.15) is 0 Å². The summed E-state index contributed by atoms with van der Waals surface area (Å²) in [4.78, 5) is 0. The van der Waals surface area contributed by atoms with Gasteiger partial charge in [0.1, 0.15) is 0 Å². The molecule has 0 heterocycles. The average molecular weight is 242 g/mol. The Kier molecular flexibility index (Phi) is 14.0. The fraction of sp³-hybridized carbons (Fsp3) is 1.00. The van der Waals surface area contributed by atoms with Gasteiger partial charge in [0.25, 0.3) is 0 Å². The zero-order valence-corrected chi connectivity index (χ0v) is 12.2. The molecule has 0 unspecified atom stereocenters. The standard InChI is InChI=1S/C16H34O/c1-3-4-5-6-7-8-9-10-11-12-13-14-15-16(2)17/h16-17H,3-15H2,1-2H3/t16-/m0/s1. The summed E-state index contributed by atoms with van der Waals surface area (Å²) in [5.41, 5.74) is 0. The van der Waals surface area contributed by atoms with Crippen molar-refractivity contribution in [1.82, 2.24) is 0 Å². The smallest absolute Gasteiger partial charge is 0.0512 e. The maximum atomic E-state index is 9.11. The summed E-state index contributed by atoms with van der Waals surface area (Å²) < 4.78 is 0. The third-order valence-corrected chi connectivity index (χ3v) is 3.48. The Balaban J connectivity index is 2.89. The highest BCUT2D eigenvalue weighted by Gasteiger charge is 1.96. The van der Waals surface area contributed by atoms with Crippen LogP contribution in [0.15, 0.2) is 0 Å². The van der Waals surface area contributed by atoms with Crippen molar-refractivity contribution >= 4 is 0 Å². The predicted octanol–water partition coefficient (Wildman–Crippen LogP) is 5.46. The van der Waals surface area contributed by atoms with Crippen LogP contribution in [0.4, 0.5) is 0 Å². The molecule has 0 aliphatic heterocycles. The Labute approximate surface area is 109 Å². The molecule has 0 fully saturated rings. The van der Waals surface area contributed by atoms with Crippen molar-refractivity contribution in [1.29, 1.82) is 0 Å². The van der Waals surface area contributed by atoms with Crippen molar-refractivity contribution in [2.45, 2.75) is 103 Å². The molecular weight excluding hydrogens is 208 g/mol. The van der Waals surface area contributed by atoms with E-state index in [9.17, 15) is 0 Å². The number of rotatable bonds is 13. The monoisotopic (exact) mass is 242 g/mol. The summed E-state index contributed by atoms with van der Waals surface area (Å²) in [5, 5.41) is 9.11. The Morgan fingerprint density at radius 2 is 1.00 bits per heavy atom. The van der Waals surface area contributed by atoms with Gasteiger partial charge in [-0.25, -0.2) is 0 Å². The maximum Gasteiger partial charge on any atom is 0.0512 e. The second kappa shape index (κ2) is 14.0. The Hall–Kier alpha value is -0.0400. The zero-order chi connectivity index (χ0) is 12.8.